The van der Waals surface area contributed by atoms with Gasteiger partial charge in [-0.15, -0.1) is 0 Å². The number of carbonyl (C=O) groups excluding carboxylic acids is 1. The van der Waals surface area contributed by atoms with Crippen LogP contribution in [0.2, 0.25) is 0 Å². The van der Waals surface area contributed by atoms with Gasteiger partial charge >= 0.3 is 0 Å². The number of rotatable bonds is 5. The molecule has 0 aliphatic carbocycles. The Hall–Kier alpha value is -3.15. The van der Waals surface area contributed by atoms with E-state index < -0.39 is 0 Å². The summed E-state index contributed by atoms with van der Waals surface area (Å²) in [5.41, 5.74) is 2.71. The molecule has 1 aromatic heterocycles. The molecule has 6 heteroatoms. The zero-order valence-corrected chi connectivity index (χ0v) is 16.8. The number of hydrogen-bond acceptors (Lipinski definition) is 5. The molecule has 4 rings (SSSR count). The summed E-state index contributed by atoms with van der Waals surface area (Å²) in [6, 6.07) is 15.4. The first-order valence-electron chi connectivity index (χ1n) is 9.96. The van der Waals surface area contributed by atoms with Gasteiger partial charge in [-0.25, -0.2) is 0 Å². The van der Waals surface area contributed by atoms with Crippen LogP contribution >= 0.6 is 0 Å². The lowest BCUT2D eigenvalue weighted by Gasteiger charge is -2.32. The fraction of sp³-hybridized carbons (Fsp3) is 0.348. The number of methoxy groups -OCH3 is 1. The summed E-state index contributed by atoms with van der Waals surface area (Å²) in [6.45, 7) is 3.47. The van der Waals surface area contributed by atoms with Gasteiger partial charge in [0.25, 0.3) is 5.91 Å². The molecule has 0 N–H and O–H groups in total. The lowest BCUT2D eigenvalue weighted by Crippen LogP contribution is -2.40. The zero-order valence-electron chi connectivity index (χ0n) is 16.8. The van der Waals surface area contributed by atoms with E-state index in [0.717, 1.165) is 30.5 Å². The largest absolute Gasteiger partial charge is 0.496 e. The van der Waals surface area contributed by atoms with Crippen molar-refractivity contribution < 1.29 is 14.1 Å². The van der Waals surface area contributed by atoms with Gasteiger partial charge in [0.1, 0.15) is 5.75 Å². The highest BCUT2D eigenvalue weighted by Gasteiger charge is 2.27. The summed E-state index contributed by atoms with van der Waals surface area (Å²) in [5.74, 6) is 2.17. The van der Waals surface area contributed by atoms with Crippen LogP contribution in [-0.4, -0.2) is 41.1 Å². The molecule has 1 saturated heterocycles. The second-order valence-electron chi connectivity index (χ2n) is 7.49. The summed E-state index contributed by atoms with van der Waals surface area (Å²) in [5, 5.41) is 4.15. The topological polar surface area (TPSA) is 68.5 Å². The summed E-state index contributed by atoms with van der Waals surface area (Å²) >= 11 is 0. The van der Waals surface area contributed by atoms with E-state index in [1.165, 1.54) is 0 Å². The Balaban J connectivity index is 1.44. The number of benzene rings is 2. The van der Waals surface area contributed by atoms with E-state index in [0.29, 0.717) is 41.9 Å². The van der Waals surface area contributed by atoms with Crippen LogP contribution in [0.3, 0.4) is 0 Å². The summed E-state index contributed by atoms with van der Waals surface area (Å²) < 4.78 is 10.9. The highest BCUT2D eigenvalue weighted by atomic mass is 16.5. The van der Waals surface area contributed by atoms with Crippen molar-refractivity contribution in [2.24, 2.45) is 5.92 Å². The van der Waals surface area contributed by atoms with E-state index in [4.69, 9.17) is 9.26 Å². The number of likely N-dealkylation sites (tertiary alicyclic amines) is 1. The third kappa shape index (κ3) is 4.16. The first kappa shape index (κ1) is 19.2. The summed E-state index contributed by atoms with van der Waals surface area (Å²) in [6.07, 6.45) is 2.68. The molecule has 0 radical (unpaired) electrons. The molecular weight excluding hydrogens is 366 g/mol. The highest BCUT2D eigenvalue weighted by molar-refractivity contribution is 5.97. The highest BCUT2D eigenvalue weighted by Crippen LogP contribution is 2.26. The standard InChI is InChI=1S/C23H25N3O3/c1-16-8-3-4-10-18(16)22-24-21(29-25-22)14-17-9-7-13-26(15-17)23(27)19-11-5-6-12-20(19)28-2/h3-6,8,10-12,17H,7,9,13-15H2,1-2H3. The maximum Gasteiger partial charge on any atom is 0.257 e. The molecule has 0 saturated carbocycles. The van der Waals surface area contributed by atoms with Crippen molar-refractivity contribution in [3.63, 3.8) is 0 Å². The van der Waals surface area contributed by atoms with Gasteiger partial charge < -0.3 is 14.2 Å². The molecule has 1 unspecified atom stereocenters. The zero-order chi connectivity index (χ0) is 20.2. The minimum absolute atomic E-state index is 0.0123. The number of aryl methyl sites for hydroxylation is 1. The van der Waals surface area contributed by atoms with Crippen LogP contribution in [0.15, 0.2) is 53.1 Å². The number of nitrogens with zero attached hydrogens (tertiary/aromatic N) is 3. The van der Waals surface area contributed by atoms with Crippen molar-refractivity contribution in [2.75, 3.05) is 20.2 Å². The van der Waals surface area contributed by atoms with E-state index in [-0.39, 0.29) is 5.91 Å². The average Bonchev–Trinajstić information content (AvgIpc) is 3.22. The monoisotopic (exact) mass is 391 g/mol. The fourth-order valence-corrected chi connectivity index (χ4v) is 3.93. The number of para-hydroxylation sites is 1. The molecule has 1 fully saturated rings. The molecule has 150 valence electrons. The van der Waals surface area contributed by atoms with Gasteiger partial charge in [0.2, 0.25) is 11.7 Å². The fourth-order valence-electron chi connectivity index (χ4n) is 3.93. The minimum atomic E-state index is 0.0123. The number of ether oxygens (including phenoxy) is 1. The maximum absolute atomic E-state index is 13.0. The van der Waals surface area contributed by atoms with Crippen LogP contribution in [0.25, 0.3) is 11.4 Å². The van der Waals surface area contributed by atoms with Crippen molar-refractivity contribution in [3.05, 3.63) is 65.5 Å². The molecule has 29 heavy (non-hydrogen) atoms. The van der Waals surface area contributed by atoms with Crippen molar-refractivity contribution in [1.82, 2.24) is 15.0 Å². The molecular formula is C23H25N3O3. The van der Waals surface area contributed by atoms with Gasteiger partial charge in [-0.05, 0) is 43.4 Å². The Kier molecular flexibility index (Phi) is 5.60. The van der Waals surface area contributed by atoms with E-state index in [1.54, 1.807) is 7.11 Å². The van der Waals surface area contributed by atoms with Gasteiger partial charge in [0, 0.05) is 25.1 Å². The van der Waals surface area contributed by atoms with Gasteiger partial charge in [0.05, 0.1) is 12.7 Å². The number of aromatic nitrogens is 2. The molecule has 1 atom stereocenters. The normalized spacial score (nSPS) is 16.6. The number of amides is 1. The second-order valence-corrected chi connectivity index (χ2v) is 7.49. The second kappa shape index (κ2) is 8.47. The van der Waals surface area contributed by atoms with Crippen molar-refractivity contribution in [1.29, 1.82) is 0 Å². The van der Waals surface area contributed by atoms with Gasteiger partial charge in [-0.1, -0.05) is 41.6 Å². The molecule has 0 spiro atoms. The number of carbonyl (C=O) groups is 1. The van der Waals surface area contributed by atoms with Crippen molar-refractivity contribution in [2.45, 2.75) is 26.2 Å². The summed E-state index contributed by atoms with van der Waals surface area (Å²) in [7, 11) is 1.59. The van der Waals surface area contributed by atoms with Gasteiger partial charge in [-0.2, -0.15) is 4.98 Å². The van der Waals surface area contributed by atoms with Crippen LogP contribution in [0.1, 0.15) is 34.7 Å². The van der Waals surface area contributed by atoms with Crippen LogP contribution < -0.4 is 4.74 Å². The van der Waals surface area contributed by atoms with E-state index >= 15 is 0 Å². The average molecular weight is 391 g/mol. The third-order valence-electron chi connectivity index (χ3n) is 5.46. The maximum atomic E-state index is 13.0. The van der Waals surface area contributed by atoms with E-state index in [9.17, 15) is 4.79 Å². The predicted octanol–water partition coefficient (Wildman–Crippen LogP) is 4.15. The Bertz CT molecular complexity index is 998. The first-order valence-corrected chi connectivity index (χ1v) is 9.96. The summed E-state index contributed by atoms with van der Waals surface area (Å²) in [4.78, 5) is 19.5. The van der Waals surface area contributed by atoms with Crippen molar-refractivity contribution in [3.8, 4) is 17.1 Å². The Labute approximate surface area is 170 Å². The molecule has 0 bridgehead atoms. The quantitative estimate of drug-likeness (QED) is 0.654. The van der Waals surface area contributed by atoms with E-state index in [1.807, 2.05) is 60.4 Å². The van der Waals surface area contributed by atoms with Crippen LogP contribution in [0, 0.1) is 12.8 Å². The lowest BCUT2D eigenvalue weighted by atomic mass is 9.94. The number of piperidine rings is 1. The van der Waals surface area contributed by atoms with Crippen molar-refractivity contribution >= 4 is 5.91 Å². The molecule has 1 aliphatic heterocycles. The molecule has 2 heterocycles. The third-order valence-corrected chi connectivity index (χ3v) is 5.46. The van der Waals surface area contributed by atoms with E-state index in [2.05, 4.69) is 10.1 Å². The Morgan fingerprint density at radius 2 is 2.00 bits per heavy atom. The SMILES string of the molecule is COc1ccccc1C(=O)N1CCCC(Cc2nc(-c3ccccc3C)no2)C1. The van der Waals surface area contributed by atoms with Crippen LogP contribution in [-0.2, 0) is 6.42 Å². The van der Waals surface area contributed by atoms with Gasteiger partial charge in [0.15, 0.2) is 0 Å². The molecule has 1 amide bonds. The number of hydrogen-bond donors (Lipinski definition) is 0. The molecule has 2 aromatic carbocycles. The molecule has 6 nitrogen and oxygen atoms in total. The van der Waals surface area contributed by atoms with Gasteiger partial charge in [-0.3, -0.25) is 4.79 Å². The molecule has 3 aromatic rings. The van der Waals surface area contributed by atoms with Crippen LogP contribution in [0.5, 0.6) is 5.75 Å². The Morgan fingerprint density at radius 1 is 1.21 bits per heavy atom. The predicted molar refractivity (Wildman–Crippen MR) is 110 cm³/mol. The minimum Gasteiger partial charge on any atom is -0.496 e. The lowest BCUT2D eigenvalue weighted by molar-refractivity contribution is 0.0665. The molecule has 1 aliphatic rings. The smallest absolute Gasteiger partial charge is 0.257 e. The van der Waals surface area contributed by atoms with Crippen LogP contribution in [0.4, 0.5) is 0 Å². The Morgan fingerprint density at radius 3 is 2.83 bits per heavy atom. The first-order chi connectivity index (χ1) is 14.2.